The minimum absolute atomic E-state index is 0.0488. The minimum atomic E-state index is -1.77. The summed E-state index contributed by atoms with van der Waals surface area (Å²) in [6, 6.07) is 0. The molecule has 0 saturated heterocycles. The van der Waals surface area contributed by atoms with Gasteiger partial charge >= 0.3 is 0 Å². The van der Waals surface area contributed by atoms with E-state index in [1.165, 1.54) is 12.8 Å². The Hall–Kier alpha value is -0.670. The average Bonchev–Trinajstić information content (AvgIpc) is 2.83. The Morgan fingerprint density at radius 3 is 2.68 bits per heavy atom. The fraction of sp³-hybridized carbons (Fsp3) is 0.842. The Bertz CT molecular complexity index is 537. The molecule has 0 heterocycles. The van der Waals surface area contributed by atoms with E-state index in [2.05, 4.69) is 6.92 Å². The second-order valence-electron chi connectivity index (χ2n) is 8.84. The molecular formula is C19H28O3. The molecule has 6 atom stereocenters. The molecule has 3 heteroatoms. The Morgan fingerprint density at radius 2 is 1.91 bits per heavy atom. The maximum atomic E-state index is 12.9. The lowest BCUT2D eigenvalue weighted by molar-refractivity contribution is -0.265. The number of carbonyl (C=O) groups excluding carboxylic acids is 1. The summed E-state index contributed by atoms with van der Waals surface area (Å²) >= 11 is 0. The van der Waals surface area contributed by atoms with Crippen molar-refractivity contribution in [2.24, 2.45) is 34.5 Å². The van der Waals surface area contributed by atoms with Gasteiger partial charge in [-0.25, -0.2) is 0 Å². The van der Waals surface area contributed by atoms with Gasteiger partial charge in [-0.1, -0.05) is 26.3 Å². The number of hydrogen-bond acceptors (Lipinski definition) is 3. The fourth-order valence-electron chi connectivity index (χ4n) is 6.62. The predicted molar refractivity (Wildman–Crippen MR) is 83.8 cm³/mol. The van der Waals surface area contributed by atoms with Crippen LogP contribution < -0.4 is 0 Å². The third-order valence-electron chi connectivity index (χ3n) is 8.05. The lowest BCUT2D eigenvalue weighted by Crippen LogP contribution is -2.63. The molecule has 1 unspecified atom stereocenters. The number of hydrogen-bond donors (Lipinski definition) is 2. The molecule has 3 nitrogen and oxygen atoms in total. The molecule has 22 heavy (non-hydrogen) atoms. The molecule has 0 aromatic heterocycles. The molecule has 0 aromatic rings. The van der Waals surface area contributed by atoms with Crippen LogP contribution in [0.1, 0.15) is 58.8 Å². The van der Waals surface area contributed by atoms with Gasteiger partial charge in [-0.15, -0.1) is 0 Å². The highest BCUT2D eigenvalue weighted by molar-refractivity contribution is 5.83. The summed E-state index contributed by atoms with van der Waals surface area (Å²) in [6.45, 7) is 4.39. The van der Waals surface area contributed by atoms with Gasteiger partial charge in [-0.05, 0) is 61.3 Å². The van der Waals surface area contributed by atoms with E-state index in [1.807, 2.05) is 13.0 Å². The van der Waals surface area contributed by atoms with Crippen molar-refractivity contribution in [2.75, 3.05) is 0 Å². The van der Waals surface area contributed by atoms with Crippen LogP contribution in [-0.4, -0.2) is 21.8 Å². The van der Waals surface area contributed by atoms with Crippen molar-refractivity contribution < 1.29 is 15.0 Å². The molecule has 0 aromatic carbocycles. The van der Waals surface area contributed by atoms with Crippen LogP contribution in [0.3, 0.4) is 0 Å². The van der Waals surface area contributed by atoms with Gasteiger partial charge < -0.3 is 10.2 Å². The first-order chi connectivity index (χ1) is 10.3. The second-order valence-corrected chi connectivity index (χ2v) is 8.84. The Morgan fingerprint density at radius 1 is 1.14 bits per heavy atom. The maximum absolute atomic E-state index is 12.9. The van der Waals surface area contributed by atoms with Crippen LogP contribution in [0.5, 0.6) is 0 Å². The van der Waals surface area contributed by atoms with Crippen molar-refractivity contribution >= 4 is 5.78 Å². The van der Waals surface area contributed by atoms with Crippen LogP contribution in [-0.2, 0) is 4.79 Å². The van der Waals surface area contributed by atoms with Gasteiger partial charge in [-0.3, -0.25) is 4.79 Å². The molecule has 3 fully saturated rings. The van der Waals surface area contributed by atoms with Crippen LogP contribution in [0, 0.1) is 34.5 Å². The van der Waals surface area contributed by atoms with E-state index in [9.17, 15) is 15.0 Å². The van der Waals surface area contributed by atoms with Crippen LogP contribution >= 0.6 is 0 Å². The topological polar surface area (TPSA) is 57.5 Å². The molecule has 122 valence electrons. The molecule has 0 spiro atoms. The van der Waals surface area contributed by atoms with Crippen LogP contribution in [0.25, 0.3) is 0 Å². The second kappa shape index (κ2) is 4.45. The Kier molecular flexibility index (Phi) is 3.01. The summed E-state index contributed by atoms with van der Waals surface area (Å²) in [5, 5.41) is 21.4. The summed E-state index contributed by atoms with van der Waals surface area (Å²) in [5.74, 6) is -0.671. The summed E-state index contributed by atoms with van der Waals surface area (Å²) in [5.41, 5.74) is -0.275. The smallest absolute Gasteiger partial charge is 0.188 e. The number of carbonyl (C=O) groups is 1. The number of rotatable bonds is 0. The molecule has 4 aliphatic carbocycles. The third kappa shape index (κ3) is 1.67. The van der Waals surface area contributed by atoms with Gasteiger partial charge in [0.05, 0.1) is 0 Å². The Balaban J connectivity index is 1.79. The molecule has 3 saturated carbocycles. The van der Waals surface area contributed by atoms with Gasteiger partial charge in [0.2, 0.25) is 0 Å². The molecule has 0 aliphatic heterocycles. The largest absolute Gasteiger partial charge is 0.362 e. The standard InChI is InChI=1S/C19H28O3/c1-17-8-4-6-13(17)16-14(7-10-17)18(2)12(11-15(16)20)5-3-9-19(18,21)22/h3,9,12-14,16,21-22H,4-8,10-11H2,1-2H3/t12?,13-,14-,16-,17-,18-/m0/s1. The Labute approximate surface area is 132 Å². The summed E-state index contributed by atoms with van der Waals surface area (Å²) in [4.78, 5) is 12.9. The van der Waals surface area contributed by atoms with Crippen LogP contribution in [0.2, 0.25) is 0 Å². The first-order valence-corrected chi connectivity index (χ1v) is 8.95. The highest BCUT2D eigenvalue weighted by Crippen LogP contribution is 2.66. The average molecular weight is 304 g/mol. The van der Waals surface area contributed by atoms with Gasteiger partial charge in [0.25, 0.3) is 0 Å². The van der Waals surface area contributed by atoms with Crippen molar-refractivity contribution in [3.63, 3.8) is 0 Å². The normalized spacial score (nSPS) is 52.8. The summed E-state index contributed by atoms with van der Waals surface area (Å²) in [7, 11) is 0. The maximum Gasteiger partial charge on any atom is 0.188 e. The monoisotopic (exact) mass is 304 g/mol. The quantitative estimate of drug-likeness (QED) is 0.534. The zero-order valence-corrected chi connectivity index (χ0v) is 13.7. The van der Waals surface area contributed by atoms with E-state index in [-0.39, 0.29) is 17.8 Å². The number of ketones is 1. The van der Waals surface area contributed by atoms with Crippen LogP contribution in [0.15, 0.2) is 12.2 Å². The first kappa shape index (κ1) is 14.9. The van der Waals surface area contributed by atoms with Gasteiger partial charge in [0, 0.05) is 17.8 Å². The van der Waals surface area contributed by atoms with Crippen molar-refractivity contribution in [3.05, 3.63) is 12.2 Å². The number of Topliss-reactive ketones (excluding diaryl/α,β-unsaturated/α-hetero) is 1. The van der Waals surface area contributed by atoms with E-state index in [0.717, 1.165) is 25.7 Å². The van der Waals surface area contributed by atoms with Gasteiger partial charge in [0.15, 0.2) is 5.79 Å². The lowest BCUT2D eigenvalue weighted by Gasteiger charge is -2.61. The number of aliphatic hydroxyl groups is 2. The predicted octanol–water partition coefficient (Wildman–Crippen LogP) is 3.06. The van der Waals surface area contributed by atoms with E-state index in [0.29, 0.717) is 23.5 Å². The van der Waals surface area contributed by atoms with Crippen molar-refractivity contribution in [1.82, 2.24) is 0 Å². The van der Waals surface area contributed by atoms with E-state index < -0.39 is 11.2 Å². The molecule has 2 N–H and O–H groups in total. The first-order valence-electron chi connectivity index (χ1n) is 8.95. The summed E-state index contributed by atoms with van der Waals surface area (Å²) < 4.78 is 0. The number of fused-ring (bicyclic) bond motifs is 5. The summed E-state index contributed by atoms with van der Waals surface area (Å²) in [6.07, 6.45) is 10.4. The molecule has 4 rings (SSSR count). The molecule has 0 bridgehead atoms. The molecular weight excluding hydrogens is 276 g/mol. The van der Waals surface area contributed by atoms with E-state index in [4.69, 9.17) is 0 Å². The zero-order chi connectivity index (χ0) is 15.8. The minimum Gasteiger partial charge on any atom is -0.362 e. The zero-order valence-electron chi connectivity index (χ0n) is 13.7. The van der Waals surface area contributed by atoms with E-state index in [1.54, 1.807) is 6.08 Å². The highest BCUT2D eigenvalue weighted by atomic mass is 16.5. The van der Waals surface area contributed by atoms with Gasteiger partial charge in [0.1, 0.15) is 5.78 Å². The molecule has 0 radical (unpaired) electrons. The number of allylic oxidation sites excluding steroid dienone is 1. The third-order valence-corrected chi connectivity index (χ3v) is 8.05. The fourth-order valence-corrected chi connectivity index (χ4v) is 6.62. The van der Waals surface area contributed by atoms with Gasteiger partial charge in [-0.2, -0.15) is 0 Å². The molecule has 0 amide bonds. The van der Waals surface area contributed by atoms with Crippen molar-refractivity contribution in [2.45, 2.75) is 64.6 Å². The van der Waals surface area contributed by atoms with Crippen molar-refractivity contribution in [3.8, 4) is 0 Å². The van der Waals surface area contributed by atoms with E-state index >= 15 is 0 Å². The molecule has 4 aliphatic rings. The van der Waals surface area contributed by atoms with Crippen LogP contribution in [0.4, 0.5) is 0 Å². The van der Waals surface area contributed by atoms with Crippen molar-refractivity contribution in [1.29, 1.82) is 0 Å². The SMILES string of the molecule is C[C@@]12CCC[C@H]1[C@@H]1C(=O)CC3CC=CC(O)(O)[C@]3(C)[C@H]1CC2. The lowest BCUT2D eigenvalue weighted by atomic mass is 9.44. The highest BCUT2D eigenvalue weighted by Gasteiger charge is 2.65.